The first-order valence-electron chi connectivity index (χ1n) is 8.97. The first-order valence-corrected chi connectivity index (χ1v) is 10.1. The standard InChI is InChI=1S/C21H21BrClNO4/c1-5-28-18(25)10-24-17-9-13(11(2)3)15(22)8-14(17)20(26)12-6-7-16(23)21(27-4)19(12)24/h6-9,11H,5,10H2,1-4H3. The van der Waals surface area contributed by atoms with Gasteiger partial charge in [-0.25, -0.2) is 0 Å². The van der Waals surface area contributed by atoms with Crippen LogP contribution < -0.4 is 10.2 Å². The van der Waals surface area contributed by atoms with E-state index in [1.807, 2.05) is 12.1 Å². The Labute approximate surface area is 176 Å². The summed E-state index contributed by atoms with van der Waals surface area (Å²) in [4.78, 5) is 25.6. The average Bonchev–Trinajstić information content (AvgIpc) is 2.64. The lowest BCUT2D eigenvalue weighted by molar-refractivity contribution is -0.143. The fraction of sp³-hybridized carbons (Fsp3) is 0.333. The molecule has 28 heavy (non-hydrogen) atoms. The number of hydrogen-bond acceptors (Lipinski definition) is 4. The predicted octanol–water partition coefficient (Wildman–Crippen LogP) is 5.27. The van der Waals surface area contributed by atoms with Gasteiger partial charge in [-0.05, 0) is 42.7 Å². The van der Waals surface area contributed by atoms with Crippen LogP contribution in [0.4, 0.5) is 0 Å². The van der Waals surface area contributed by atoms with Gasteiger partial charge in [-0.15, -0.1) is 0 Å². The smallest absolute Gasteiger partial charge is 0.325 e. The number of aromatic nitrogens is 1. The molecule has 3 aromatic rings. The Morgan fingerprint density at radius 1 is 1.25 bits per heavy atom. The molecule has 0 fully saturated rings. The molecule has 7 heteroatoms. The predicted molar refractivity (Wildman–Crippen MR) is 116 cm³/mol. The van der Waals surface area contributed by atoms with Crippen LogP contribution in [0.15, 0.2) is 33.5 Å². The third-order valence-corrected chi connectivity index (χ3v) is 5.65. The molecule has 0 aliphatic heterocycles. The summed E-state index contributed by atoms with van der Waals surface area (Å²) in [5.74, 6) is 0.183. The molecular weight excluding hydrogens is 446 g/mol. The van der Waals surface area contributed by atoms with E-state index in [4.69, 9.17) is 21.1 Å². The second-order valence-corrected chi connectivity index (χ2v) is 8.00. The highest BCUT2D eigenvalue weighted by Gasteiger charge is 2.20. The number of ether oxygens (including phenoxy) is 2. The Morgan fingerprint density at radius 3 is 2.57 bits per heavy atom. The van der Waals surface area contributed by atoms with Crippen LogP contribution in [0.3, 0.4) is 0 Å². The van der Waals surface area contributed by atoms with Crippen LogP contribution >= 0.6 is 27.5 Å². The highest BCUT2D eigenvalue weighted by molar-refractivity contribution is 9.10. The quantitative estimate of drug-likeness (QED) is 0.380. The van der Waals surface area contributed by atoms with E-state index in [1.165, 1.54) is 7.11 Å². The molecular formula is C21H21BrClNO4. The maximum Gasteiger partial charge on any atom is 0.325 e. The minimum Gasteiger partial charge on any atom is -0.493 e. The Hall–Kier alpha value is -2.05. The Morgan fingerprint density at radius 2 is 1.96 bits per heavy atom. The molecule has 1 aromatic heterocycles. The van der Waals surface area contributed by atoms with Crippen molar-refractivity contribution in [3.63, 3.8) is 0 Å². The van der Waals surface area contributed by atoms with Gasteiger partial charge >= 0.3 is 5.97 Å². The van der Waals surface area contributed by atoms with Gasteiger partial charge in [0.1, 0.15) is 6.54 Å². The molecule has 0 bridgehead atoms. The normalized spacial score (nSPS) is 11.4. The van der Waals surface area contributed by atoms with Gasteiger partial charge < -0.3 is 14.0 Å². The van der Waals surface area contributed by atoms with Gasteiger partial charge in [-0.2, -0.15) is 0 Å². The molecule has 5 nitrogen and oxygen atoms in total. The van der Waals surface area contributed by atoms with Crippen LogP contribution in [-0.2, 0) is 16.1 Å². The minimum absolute atomic E-state index is 0.0585. The zero-order valence-electron chi connectivity index (χ0n) is 16.1. The molecule has 0 atom stereocenters. The zero-order valence-corrected chi connectivity index (χ0v) is 18.5. The van der Waals surface area contributed by atoms with Crippen LogP contribution in [0, 0.1) is 0 Å². The number of benzene rings is 2. The number of carbonyl (C=O) groups excluding carboxylic acids is 1. The van der Waals surface area contributed by atoms with Crippen molar-refractivity contribution in [1.82, 2.24) is 4.57 Å². The number of esters is 1. The molecule has 1 heterocycles. The number of carbonyl (C=O) groups is 1. The third kappa shape index (κ3) is 3.51. The molecule has 148 valence electrons. The van der Waals surface area contributed by atoms with Gasteiger partial charge in [0.2, 0.25) is 0 Å². The van der Waals surface area contributed by atoms with Crippen LogP contribution in [0.1, 0.15) is 32.3 Å². The number of hydrogen-bond donors (Lipinski definition) is 0. The number of pyridine rings is 1. The molecule has 0 radical (unpaired) electrons. The van der Waals surface area contributed by atoms with E-state index in [0.29, 0.717) is 32.6 Å². The second-order valence-electron chi connectivity index (χ2n) is 6.74. The van der Waals surface area contributed by atoms with Crippen LogP contribution in [0.5, 0.6) is 5.75 Å². The van der Waals surface area contributed by atoms with E-state index in [9.17, 15) is 9.59 Å². The minimum atomic E-state index is -0.398. The highest BCUT2D eigenvalue weighted by atomic mass is 79.9. The molecule has 2 aromatic carbocycles. The first kappa shape index (κ1) is 20.7. The van der Waals surface area contributed by atoms with Crippen molar-refractivity contribution in [1.29, 1.82) is 0 Å². The average molecular weight is 467 g/mol. The molecule has 0 amide bonds. The molecule has 0 spiro atoms. The second kappa shape index (κ2) is 8.13. The van der Waals surface area contributed by atoms with E-state index in [0.717, 1.165) is 10.0 Å². The molecule has 0 saturated heterocycles. The zero-order chi connectivity index (χ0) is 20.6. The van der Waals surface area contributed by atoms with E-state index < -0.39 is 5.97 Å². The summed E-state index contributed by atoms with van der Waals surface area (Å²) < 4.78 is 13.3. The lowest BCUT2D eigenvalue weighted by Gasteiger charge is -2.19. The van der Waals surface area contributed by atoms with Crippen LogP contribution in [0.2, 0.25) is 5.02 Å². The summed E-state index contributed by atoms with van der Waals surface area (Å²) in [5, 5.41) is 1.31. The summed E-state index contributed by atoms with van der Waals surface area (Å²) in [6.07, 6.45) is 0. The van der Waals surface area contributed by atoms with Crippen LogP contribution in [0.25, 0.3) is 21.8 Å². The van der Waals surface area contributed by atoms with Gasteiger partial charge in [0.05, 0.1) is 35.2 Å². The summed E-state index contributed by atoms with van der Waals surface area (Å²) in [7, 11) is 1.49. The van der Waals surface area contributed by atoms with Crippen molar-refractivity contribution in [2.45, 2.75) is 33.2 Å². The lowest BCUT2D eigenvalue weighted by atomic mass is 10.00. The summed E-state index contributed by atoms with van der Waals surface area (Å²) in [5.41, 5.74) is 2.01. The van der Waals surface area contributed by atoms with E-state index in [2.05, 4.69) is 29.8 Å². The number of fused-ring (bicyclic) bond motifs is 2. The topological polar surface area (TPSA) is 57.5 Å². The Balaban J connectivity index is 2.53. The van der Waals surface area contributed by atoms with Crippen molar-refractivity contribution in [3.05, 3.63) is 49.5 Å². The molecule has 0 saturated carbocycles. The van der Waals surface area contributed by atoms with Crippen molar-refractivity contribution in [2.75, 3.05) is 13.7 Å². The lowest BCUT2D eigenvalue weighted by Crippen LogP contribution is -2.19. The van der Waals surface area contributed by atoms with Gasteiger partial charge in [-0.1, -0.05) is 41.4 Å². The van der Waals surface area contributed by atoms with E-state index in [-0.39, 0.29) is 24.5 Å². The molecule has 0 N–H and O–H groups in total. The highest BCUT2D eigenvalue weighted by Crippen LogP contribution is 2.36. The number of halogens is 2. The van der Waals surface area contributed by atoms with E-state index in [1.54, 1.807) is 23.6 Å². The Bertz CT molecular complexity index is 1140. The Kier molecular flexibility index (Phi) is 6.01. The number of methoxy groups -OCH3 is 1. The maximum atomic E-state index is 13.2. The number of nitrogens with zero attached hydrogens (tertiary/aromatic N) is 1. The number of rotatable bonds is 5. The van der Waals surface area contributed by atoms with E-state index >= 15 is 0 Å². The van der Waals surface area contributed by atoms with Crippen molar-refractivity contribution < 1.29 is 14.3 Å². The van der Waals surface area contributed by atoms with Crippen LogP contribution in [-0.4, -0.2) is 24.3 Å². The fourth-order valence-corrected chi connectivity index (χ4v) is 4.41. The molecule has 0 unspecified atom stereocenters. The van der Waals surface area contributed by atoms with Gasteiger partial charge in [-0.3, -0.25) is 9.59 Å². The fourth-order valence-electron chi connectivity index (χ4n) is 3.38. The SMILES string of the molecule is CCOC(=O)Cn1c2cc(C(C)C)c(Br)cc2c(=O)c2ccc(Cl)c(OC)c21. The van der Waals surface area contributed by atoms with Crippen molar-refractivity contribution in [2.24, 2.45) is 0 Å². The van der Waals surface area contributed by atoms with Gasteiger partial charge in [0.25, 0.3) is 0 Å². The summed E-state index contributed by atoms with van der Waals surface area (Å²) in [6.45, 7) is 6.11. The maximum absolute atomic E-state index is 13.2. The largest absolute Gasteiger partial charge is 0.493 e. The molecule has 3 rings (SSSR count). The van der Waals surface area contributed by atoms with Gasteiger partial charge in [0.15, 0.2) is 11.2 Å². The first-order chi connectivity index (χ1) is 13.3. The summed E-state index contributed by atoms with van der Waals surface area (Å²) >= 11 is 9.89. The molecule has 0 aliphatic rings. The summed E-state index contributed by atoms with van der Waals surface area (Å²) in [6, 6.07) is 7.04. The monoisotopic (exact) mass is 465 g/mol. The molecule has 0 aliphatic carbocycles. The third-order valence-electron chi connectivity index (χ3n) is 4.67. The van der Waals surface area contributed by atoms with Crippen molar-refractivity contribution >= 4 is 55.3 Å². The van der Waals surface area contributed by atoms with Gasteiger partial charge in [0, 0.05) is 9.86 Å². The van der Waals surface area contributed by atoms with Crippen molar-refractivity contribution in [3.8, 4) is 5.75 Å².